The van der Waals surface area contributed by atoms with E-state index in [1.54, 1.807) is 6.07 Å². The van der Waals surface area contributed by atoms with Gasteiger partial charge in [0.15, 0.2) is 0 Å². The Hall–Kier alpha value is -1.66. The van der Waals surface area contributed by atoms with Gasteiger partial charge in [-0.3, -0.25) is 0 Å². The first kappa shape index (κ1) is 16.8. The summed E-state index contributed by atoms with van der Waals surface area (Å²) in [5.74, 6) is -0.281. The molecule has 0 bridgehead atoms. The Kier molecular flexibility index (Phi) is 3.64. The van der Waals surface area contributed by atoms with Crippen LogP contribution in [0.25, 0.3) is 16.5 Å². The van der Waals surface area contributed by atoms with Gasteiger partial charge in [-0.25, -0.2) is 8.78 Å². The number of aromatic nitrogens is 1. The Bertz CT molecular complexity index is 869. The van der Waals surface area contributed by atoms with E-state index in [1.165, 1.54) is 12.1 Å². The van der Waals surface area contributed by atoms with Gasteiger partial charge in [-0.1, -0.05) is 0 Å². The van der Waals surface area contributed by atoms with Gasteiger partial charge >= 0.3 is 7.12 Å². The number of hydrogen-bond acceptors (Lipinski definition) is 2. The Labute approximate surface area is 146 Å². The molecule has 1 aromatic heterocycles. The molecule has 1 saturated heterocycles. The minimum absolute atomic E-state index is 0.281. The maximum Gasteiger partial charge on any atom is 0.525 e. The van der Waals surface area contributed by atoms with Gasteiger partial charge < -0.3 is 14.3 Å². The number of benzene rings is 1. The standard InChI is InChI=1S/C19H22BF2NO2/c1-18(2)19(3,4)25-20(24-18)17(22)13-7-5-6-12-14-10-11(21)8-9-15(14)23-16(12)13/h8-10,23H,5-7H2,1-4H3. The molecule has 3 nitrogen and oxygen atoms in total. The SMILES string of the molecule is CC1(C)OB(C(F)=C2CCCc3c2[nH]c2ccc(F)cc32)OC1(C)C. The first-order valence-corrected chi connectivity index (χ1v) is 8.74. The lowest BCUT2D eigenvalue weighted by atomic mass is 9.79. The van der Waals surface area contributed by atoms with Crippen molar-refractivity contribution in [2.24, 2.45) is 0 Å². The van der Waals surface area contributed by atoms with Crippen LogP contribution in [0.2, 0.25) is 0 Å². The molecule has 0 atom stereocenters. The van der Waals surface area contributed by atoms with Crippen molar-refractivity contribution in [3.63, 3.8) is 0 Å². The van der Waals surface area contributed by atoms with E-state index in [2.05, 4.69) is 4.98 Å². The van der Waals surface area contributed by atoms with E-state index in [-0.39, 0.29) is 11.5 Å². The van der Waals surface area contributed by atoms with Crippen molar-refractivity contribution in [1.82, 2.24) is 4.98 Å². The summed E-state index contributed by atoms with van der Waals surface area (Å²) in [6.45, 7) is 7.62. The predicted octanol–water partition coefficient (Wildman–Crippen LogP) is 4.96. The third-order valence-corrected chi connectivity index (χ3v) is 5.77. The van der Waals surface area contributed by atoms with Crippen LogP contribution in [-0.2, 0) is 15.7 Å². The van der Waals surface area contributed by atoms with Crippen LogP contribution in [-0.4, -0.2) is 23.3 Å². The minimum Gasteiger partial charge on any atom is -0.398 e. The molecule has 0 spiro atoms. The molecule has 1 N–H and O–H groups in total. The second-order valence-electron chi connectivity index (χ2n) is 7.94. The van der Waals surface area contributed by atoms with Gasteiger partial charge in [0.05, 0.1) is 11.2 Å². The van der Waals surface area contributed by atoms with Crippen LogP contribution in [0, 0.1) is 5.82 Å². The molecule has 0 radical (unpaired) electrons. The summed E-state index contributed by atoms with van der Waals surface area (Å²) in [4.78, 5) is 3.26. The van der Waals surface area contributed by atoms with Gasteiger partial charge in [-0.15, -0.1) is 0 Å². The fraction of sp³-hybridized carbons (Fsp3) is 0.474. The van der Waals surface area contributed by atoms with Gasteiger partial charge in [-0.05, 0) is 70.7 Å². The highest BCUT2D eigenvalue weighted by atomic mass is 19.1. The zero-order valence-corrected chi connectivity index (χ0v) is 15.0. The minimum atomic E-state index is -1.01. The molecule has 132 valence electrons. The molecule has 2 aliphatic rings. The molecular formula is C19H22BF2NO2. The fourth-order valence-corrected chi connectivity index (χ4v) is 3.63. The van der Waals surface area contributed by atoms with Crippen molar-refractivity contribution in [2.75, 3.05) is 0 Å². The number of rotatable bonds is 1. The zero-order valence-electron chi connectivity index (χ0n) is 15.0. The van der Waals surface area contributed by atoms with Crippen molar-refractivity contribution < 1.29 is 18.1 Å². The van der Waals surface area contributed by atoms with Crippen molar-refractivity contribution in [1.29, 1.82) is 0 Å². The first-order valence-electron chi connectivity index (χ1n) is 8.74. The summed E-state index contributed by atoms with van der Waals surface area (Å²) in [7, 11) is -1.01. The van der Waals surface area contributed by atoms with Crippen LogP contribution >= 0.6 is 0 Å². The highest BCUT2D eigenvalue weighted by Gasteiger charge is 2.53. The van der Waals surface area contributed by atoms with Crippen LogP contribution in [0.5, 0.6) is 0 Å². The van der Waals surface area contributed by atoms with Gasteiger partial charge in [0, 0.05) is 22.2 Å². The van der Waals surface area contributed by atoms with Crippen molar-refractivity contribution in [3.05, 3.63) is 41.0 Å². The van der Waals surface area contributed by atoms with Crippen LogP contribution in [0.15, 0.2) is 23.9 Å². The summed E-state index contributed by atoms with van der Waals surface area (Å²) in [6, 6.07) is 4.63. The number of allylic oxidation sites excluding steroid dienone is 1. The molecule has 1 aliphatic heterocycles. The first-order chi connectivity index (χ1) is 11.7. The summed E-state index contributed by atoms with van der Waals surface area (Å²) >= 11 is 0. The third-order valence-electron chi connectivity index (χ3n) is 5.77. The van der Waals surface area contributed by atoms with Crippen LogP contribution in [0.1, 0.15) is 51.8 Å². The summed E-state index contributed by atoms with van der Waals surface area (Å²) in [5, 5.41) is 0.828. The predicted molar refractivity (Wildman–Crippen MR) is 95.3 cm³/mol. The number of halogens is 2. The molecular weight excluding hydrogens is 323 g/mol. The smallest absolute Gasteiger partial charge is 0.398 e. The highest BCUT2D eigenvalue weighted by Crippen LogP contribution is 2.43. The molecule has 6 heteroatoms. The number of fused-ring (bicyclic) bond motifs is 3. The second-order valence-corrected chi connectivity index (χ2v) is 7.94. The normalized spacial score (nSPS) is 23.8. The van der Waals surface area contributed by atoms with E-state index in [0.29, 0.717) is 12.0 Å². The van der Waals surface area contributed by atoms with E-state index >= 15 is 4.39 Å². The molecule has 0 saturated carbocycles. The van der Waals surface area contributed by atoms with E-state index in [0.717, 1.165) is 35.0 Å². The lowest BCUT2D eigenvalue weighted by molar-refractivity contribution is 0.00578. The number of H-pyrrole nitrogens is 1. The van der Waals surface area contributed by atoms with Gasteiger partial charge in [0.2, 0.25) is 0 Å². The van der Waals surface area contributed by atoms with Crippen LogP contribution in [0.4, 0.5) is 8.78 Å². The molecule has 2 heterocycles. The number of hydrogen-bond donors (Lipinski definition) is 1. The second kappa shape index (κ2) is 5.42. The van der Waals surface area contributed by atoms with E-state index in [9.17, 15) is 4.39 Å². The lowest BCUT2D eigenvalue weighted by Gasteiger charge is -2.32. The topological polar surface area (TPSA) is 34.2 Å². The van der Waals surface area contributed by atoms with E-state index in [4.69, 9.17) is 9.31 Å². The summed E-state index contributed by atoms with van der Waals surface area (Å²) < 4.78 is 40.6. The van der Waals surface area contributed by atoms with Gasteiger partial charge in [0.25, 0.3) is 0 Å². The number of aryl methyl sites for hydroxylation is 1. The number of aromatic amines is 1. The fourth-order valence-electron chi connectivity index (χ4n) is 3.63. The maximum absolute atomic E-state index is 15.3. The summed E-state index contributed by atoms with van der Waals surface area (Å²) in [6.07, 6.45) is 2.23. The Balaban J connectivity index is 1.80. The van der Waals surface area contributed by atoms with Gasteiger partial charge in [0.1, 0.15) is 11.5 Å². The Morgan fingerprint density at radius 1 is 1.12 bits per heavy atom. The average molecular weight is 345 g/mol. The molecule has 0 unspecified atom stereocenters. The molecule has 2 aromatic rings. The zero-order chi connectivity index (χ0) is 18.0. The maximum atomic E-state index is 15.3. The molecule has 1 fully saturated rings. The Morgan fingerprint density at radius 3 is 2.48 bits per heavy atom. The van der Waals surface area contributed by atoms with Crippen molar-refractivity contribution in [2.45, 2.75) is 58.2 Å². The highest BCUT2D eigenvalue weighted by molar-refractivity contribution is 6.55. The van der Waals surface area contributed by atoms with E-state index in [1.807, 2.05) is 27.7 Å². The Morgan fingerprint density at radius 2 is 1.80 bits per heavy atom. The lowest BCUT2D eigenvalue weighted by Crippen LogP contribution is -2.41. The molecule has 4 rings (SSSR count). The van der Waals surface area contributed by atoms with Crippen LogP contribution in [0.3, 0.4) is 0 Å². The molecule has 25 heavy (non-hydrogen) atoms. The number of nitrogens with one attached hydrogen (secondary N) is 1. The molecule has 0 amide bonds. The van der Waals surface area contributed by atoms with Crippen molar-refractivity contribution in [3.8, 4) is 0 Å². The quantitative estimate of drug-likeness (QED) is 0.742. The van der Waals surface area contributed by atoms with Crippen molar-refractivity contribution >= 4 is 23.6 Å². The average Bonchev–Trinajstić information content (AvgIpc) is 3.00. The molecule has 1 aromatic carbocycles. The summed E-state index contributed by atoms with van der Waals surface area (Å²) in [5.41, 5.74) is 1.57. The van der Waals surface area contributed by atoms with Crippen LogP contribution < -0.4 is 0 Å². The van der Waals surface area contributed by atoms with E-state index < -0.39 is 18.3 Å². The van der Waals surface area contributed by atoms with Gasteiger partial charge in [-0.2, -0.15) is 0 Å². The third kappa shape index (κ3) is 2.54. The largest absolute Gasteiger partial charge is 0.525 e. The molecule has 1 aliphatic carbocycles. The monoisotopic (exact) mass is 345 g/mol.